The molecular weight excluding hydrogens is 320 g/mol. The van der Waals surface area contributed by atoms with Crippen molar-refractivity contribution < 1.29 is 19.2 Å². The van der Waals surface area contributed by atoms with Crippen molar-refractivity contribution >= 4 is 17.5 Å². The number of ether oxygens (including phenoxy) is 1. The SMILES string of the molecule is COc1ccccc1C1=NOC(CN2C(=O)c3ccccc3C2=O)C1. The number of imide groups is 1. The highest BCUT2D eigenvalue weighted by Crippen LogP contribution is 2.27. The second-order valence-corrected chi connectivity index (χ2v) is 5.94. The molecule has 2 aliphatic heterocycles. The maximum absolute atomic E-state index is 12.4. The molecule has 126 valence electrons. The minimum Gasteiger partial charge on any atom is -0.496 e. The van der Waals surface area contributed by atoms with Gasteiger partial charge in [0, 0.05) is 12.0 Å². The van der Waals surface area contributed by atoms with E-state index in [1.807, 2.05) is 24.3 Å². The van der Waals surface area contributed by atoms with Crippen LogP contribution in [0.1, 0.15) is 32.7 Å². The quantitative estimate of drug-likeness (QED) is 0.805. The van der Waals surface area contributed by atoms with Gasteiger partial charge in [-0.1, -0.05) is 29.4 Å². The molecule has 2 aromatic carbocycles. The number of para-hydroxylation sites is 1. The molecule has 1 atom stereocenters. The van der Waals surface area contributed by atoms with Gasteiger partial charge in [-0.2, -0.15) is 0 Å². The second-order valence-electron chi connectivity index (χ2n) is 5.94. The van der Waals surface area contributed by atoms with Gasteiger partial charge in [-0.3, -0.25) is 14.5 Å². The minimum atomic E-state index is -0.359. The summed E-state index contributed by atoms with van der Waals surface area (Å²) in [5, 5.41) is 4.12. The highest BCUT2D eigenvalue weighted by atomic mass is 16.6. The predicted molar refractivity (Wildman–Crippen MR) is 90.8 cm³/mol. The molecule has 2 aliphatic rings. The maximum atomic E-state index is 12.4. The molecule has 0 saturated carbocycles. The molecule has 0 bridgehead atoms. The van der Waals surface area contributed by atoms with Crippen LogP contribution in [0.2, 0.25) is 0 Å². The molecule has 1 unspecified atom stereocenters. The number of carbonyl (C=O) groups excluding carboxylic acids is 2. The molecule has 25 heavy (non-hydrogen) atoms. The number of amides is 2. The van der Waals surface area contributed by atoms with Gasteiger partial charge in [0.1, 0.15) is 5.75 Å². The molecule has 0 saturated heterocycles. The van der Waals surface area contributed by atoms with Crippen LogP contribution in [0.15, 0.2) is 53.7 Å². The van der Waals surface area contributed by atoms with Crippen molar-refractivity contribution in [1.29, 1.82) is 0 Å². The summed E-state index contributed by atoms with van der Waals surface area (Å²) in [6.07, 6.45) is 0.149. The molecule has 0 spiro atoms. The smallest absolute Gasteiger partial charge is 0.261 e. The second kappa shape index (κ2) is 6.05. The van der Waals surface area contributed by atoms with E-state index in [-0.39, 0.29) is 24.5 Å². The van der Waals surface area contributed by atoms with Gasteiger partial charge < -0.3 is 9.57 Å². The molecule has 0 aromatic heterocycles. The Morgan fingerprint density at radius 3 is 2.28 bits per heavy atom. The lowest BCUT2D eigenvalue weighted by Gasteiger charge is -2.17. The Kier molecular flexibility index (Phi) is 3.72. The Morgan fingerprint density at radius 2 is 1.64 bits per heavy atom. The number of carbonyl (C=O) groups is 2. The van der Waals surface area contributed by atoms with E-state index < -0.39 is 0 Å². The van der Waals surface area contributed by atoms with Crippen molar-refractivity contribution in [3.05, 3.63) is 65.2 Å². The van der Waals surface area contributed by atoms with Crippen molar-refractivity contribution in [3.8, 4) is 5.75 Å². The van der Waals surface area contributed by atoms with E-state index in [0.29, 0.717) is 23.3 Å². The van der Waals surface area contributed by atoms with Crippen LogP contribution < -0.4 is 4.74 Å². The van der Waals surface area contributed by atoms with Crippen molar-refractivity contribution in [2.75, 3.05) is 13.7 Å². The number of fused-ring (bicyclic) bond motifs is 1. The van der Waals surface area contributed by atoms with Gasteiger partial charge in [0.15, 0.2) is 6.10 Å². The van der Waals surface area contributed by atoms with Crippen LogP contribution in [0.3, 0.4) is 0 Å². The molecule has 0 aliphatic carbocycles. The summed E-state index contributed by atoms with van der Waals surface area (Å²) in [7, 11) is 1.60. The number of rotatable bonds is 4. The van der Waals surface area contributed by atoms with E-state index >= 15 is 0 Å². The fourth-order valence-electron chi connectivity index (χ4n) is 3.18. The Bertz CT molecular complexity index is 855. The lowest BCUT2D eigenvalue weighted by atomic mass is 10.0. The van der Waals surface area contributed by atoms with Crippen LogP contribution in [-0.2, 0) is 4.84 Å². The van der Waals surface area contributed by atoms with Gasteiger partial charge in [-0.25, -0.2) is 0 Å². The van der Waals surface area contributed by atoms with E-state index in [2.05, 4.69) is 5.16 Å². The van der Waals surface area contributed by atoms with Crippen LogP contribution in [0.5, 0.6) is 5.75 Å². The zero-order chi connectivity index (χ0) is 17.4. The van der Waals surface area contributed by atoms with Crippen LogP contribution in [0.25, 0.3) is 0 Å². The zero-order valence-corrected chi connectivity index (χ0v) is 13.6. The van der Waals surface area contributed by atoms with E-state index in [1.165, 1.54) is 4.90 Å². The summed E-state index contributed by atoms with van der Waals surface area (Å²) in [5.74, 6) is 0.149. The van der Waals surface area contributed by atoms with E-state index in [0.717, 1.165) is 11.3 Å². The summed E-state index contributed by atoms with van der Waals surface area (Å²) >= 11 is 0. The third-order valence-corrected chi connectivity index (χ3v) is 4.42. The van der Waals surface area contributed by atoms with Crippen molar-refractivity contribution in [2.24, 2.45) is 5.16 Å². The van der Waals surface area contributed by atoms with Gasteiger partial charge in [-0.15, -0.1) is 0 Å². The van der Waals surface area contributed by atoms with Gasteiger partial charge >= 0.3 is 0 Å². The molecule has 4 rings (SSSR count). The molecule has 0 N–H and O–H groups in total. The summed E-state index contributed by atoms with van der Waals surface area (Å²) in [5.41, 5.74) is 2.49. The van der Waals surface area contributed by atoms with Crippen molar-refractivity contribution in [1.82, 2.24) is 4.90 Å². The molecule has 0 radical (unpaired) electrons. The zero-order valence-electron chi connectivity index (χ0n) is 13.6. The van der Waals surface area contributed by atoms with Crippen molar-refractivity contribution in [3.63, 3.8) is 0 Å². The van der Waals surface area contributed by atoms with Gasteiger partial charge in [-0.05, 0) is 24.3 Å². The summed E-state index contributed by atoms with van der Waals surface area (Å²) in [6.45, 7) is 0.175. The van der Waals surface area contributed by atoms with Crippen LogP contribution in [-0.4, -0.2) is 42.2 Å². The fourth-order valence-corrected chi connectivity index (χ4v) is 3.18. The molecule has 6 heteroatoms. The predicted octanol–water partition coefficient (Wildman–Crippen LogP) is 2.48. The Hall–Kier alpha value is -3.15. The van der Waals surface area contributed by atoms with E-state index in [1.54, 1.807) is 31.4 Å². The van der Waals surface area contributed by atoms with E-state index in [9.17, 15) is 9.59 Å². The average Bonchev–Trinajstić information content (AvgIpc) is 3.21. The van der Waals surface area contributed by atoms with Gasteiger partial charge in [0.25, 0.3) is 11.8 Å². The third-order valence-electron chi connectivity index (χ3n) is 4.42. The summed E-state index contributed by atoms with van der Waals surface area (Å²) in [6, 6.07) is 14.4. The first-order valence-electron chi connectivity index (χ1n) is 8.00. The lowest BCUT2D eigenvalue weighted by Crippen LogP contribution is -2.37. The monoisotopic (exact) mass is 336 g/mol. The molecule has 2 heterocycles. The Labute approximate surface area is 144 Å². The van der Waals surface area contributed by atoms with Crippen molar-refractivity contribution in [2.45, 2.75) is 12.5 Å². The molecule has 6 nitrogen and oxygen atoms in total. The average molecular weight is 336 g/mol. The standard InChI is InChI=1S/C19H16N2O4/c1-24-17-9-5-4-8-15(17)16-10-12(25-20-16)11-21-18(22)13-6-2-3-7-14(13)19(21)23/h2-9,12H,10-11H2,1H3. The largest absolute Gasteiger partial charge is 0.496 e. The normalized spacial score (nSPS) is 18.8. The Morgan fingerprint density at radius 1 is 1.04 bits per heavy atom. The molecule has 2 amide bonds. The van der Waals surface area contributed by atoms with Gasteiger partial charge in [0.2, 0.25) is 0 Å². The number of hydrogen-bond donors (Lipinski definition) is 0. The van der Waals surface area contributed by atoms with E-state index in [4.69, 9.17) is 9.57 Å². The Balaban J connectivity index is 1.48. The number of hydrogen-bond acceptors (Lipinski definition) is 5. The van der Waals surface area contributed by atoms with Crippen LogP contribution in [0.4, 0.5) is 0 Å². The first-order chi connectivity index (χ1) is 12.2. The number of oxime groups is 1. The summed E-state index contributed by atoms with van der Waals surface area (Å²) < 4.78 is 5.35. The molecule has 2 aromatic rings. The number of nitrogens with zero attached hydrogens (tertiary/aromatic N) is 2. The lowest BCUT2D eigenvalue weighted by molar-refractivity contribution is 0.0399. The number of benzene rings is 2. The first-order valence-corrected chi connectivity index (χ1v) is 8.00. The highest BCUT2D eigenvalue weighted by molar-refractivity contribution is 6.21. The fraction of sp³-hybridized carbons (Fsp3) is 0.211. The van der Waals surface area contributed by atoms with Crippen LogP contribution >= 0.6 is 0 Å². The van der Waals surface area contributed by atoms with Gasteiger partial charge in [0.05, 0.1) is 30.5 Å². The topological polar surface area (TPSA) is 68.2 Å². The summed E-state index contributed by atoms with van der Waals surface area (Å²) in [4.78, 5) is 31.6. The highest BCUT2D eigenvalue weighted by Gasteiger charge is 2.38. The third kappa shape index (κ3) is 2.55. The number of methoxy groups -OCH3 is 1. The molecular formula is C19H16N2O4. The van der Waals surface area contributed by atoms with Crippen LogP contribution in [0, 0.1) is 0 Å². The maximum Gasteiger partial charge on any atom is 0.261 e. The molecule has 0 fully saturated rings. The minimum absolute atomic E-state index is 0.175. The first kappa shape index (κ1) is 15.4.